The number of ketones is 1. The zero-order chi connectivity index (χ0) is 14.8. The fourth-order valence-electron chi connectivity index (χ4n) is 3.39. The molecule has 0 N–H and O–H groups in total. The number of aryl methyl sites for hydroxylation is 2. The standard InChI is InChI=1S/C18H25NO2/c1-13-10-16-17(11-14(13)2)21-9-6-15(18(16)20)12-19-7-4-3-5-8-19/h10-11,15H,3-9,12H2,1-2H3. The molecule has 0 bridgehead atoms. The van der Waals surface area contributed by atoms with Crippen molar-refractivity contribution in [1.82, 2.24) is 4.90 Å². The number of hydrogen-bond acceptors (Lipinski definition) is 3. The van der Waals surface area contributed by atoms with Crippen LogP contribution >= 0.6 is 0 Å². The maximum absolute atomic E-state index is 12.9. The third-order valence-electron chi connectivity index (χ3n) is 4.88. The molecular weight excluding hydrogens is 262 g/mol. The molecule has 21 heavy (non-hydrogen) atoms. The van der Waals surface area contributed by atoms with Crippen LogP contribution in [0.3, 0.4) is 0 Å². The molecule has 1 aromatic rings. The van der Waals surface area contributed by atoms with Crippen LogP contribution in [0.1, 0.15) is 47.2 Å². The van der Waals surface area contributed by atoms with Gasteiger partial charge < -0.3 is 9.64 Å². The Morgan fingerprint density at radius 3 is 2.62 bits per heavy atom. The van der Waals surface area contributed by atoms with Crippen molar-refractivity contribution in [3.63, 3.8) is 0 Å². The summed E-state index contributed by atoms with van der Waals surface area (Å²) in [7, 11) is 0. The number of likely N-dealkylation sites (tertiary alicyclic amines) is 1. The van der Waals surface area contributed by atoms with Crippen LogP contribution in [0, 0.1) is 19.8 Å². The van der Waals surface area contributed by atoms with Crippen LogP contribution in [0.2, 0.25) is 0 Å². The minimum atomic E-state index is 0.0893. The van der Waals surface area contributed by atoms with Gasteiger partial charge in [0.2, 0.25) is 0 Å². The third kappa shape index (κ3) is 3.13. The molecule has 2 aliphatic rings. The van der Waals surface area contributed by atoms with Crippen LogP contribution in [-0.4, -0.2) is 36.9 Å². The molecule has 0 aliphatic carbocycles. The highest BCUT2D eigenvalue weighted by Crippen LogP contribution is 2.30. The van der Waals surface area contributed by atoms with E-state index < -0.39 is 0 Å². The molecule has 0 spiro atoms. The molecule has 114 valence electrons. The summed E-state index contributed by atoms with van der Waals surface area (Å²) in [5.74, 6) is 1.15. The lowest BCUT2D eigenvalue weighted by molar-refractivity contribution is 0.0859. The van der Waals surface area contributed by atoms with Crippen molar-refractivity contribution in [3.8, 4) is 5.75 Å². The largest absolute Gasteiger partial charge is 0.493 e. The first kappa shape index (κ1) is 14.6. The molecule has 3 nitrogen and oxygen atoms in total. The van der Waals surface area contributed by atoms with Crippen molar-refractivity contribution in [3.05, 3.63) is 28.8 Å². The number of ether oxygens (including phenoxy) is 1. The first-order valence-corrected chi connectivity index (χ1v) is 8.16. The van der Waals surface area contributed by atoms with Crippen LogP contribution in [0.25, 0.3) is 0 Å². The minimum Gasteiger partial charge on any atom is -0.493 e. The molecule has 2 aliphatic heterocycles. The van der Waals surface area contributed by atoms with Gasteiger partial charge in [-0.15, -0.1) is 0 Å². The van der Waals surface area contributed by atoms with Gasteiger partial charge in [0.15, 0.2) is 5.78 Å². The molecule has 0 saturated carbocycles. The average Bonchev–Trinajstić information content (AvgIpc) is 2.62. The molecule has 0 amide bonds. The number of fused-ring (bicyclic) bond motifs is 1. The normalized spacial score (nSPS) is 23.3. The number of carbonyl (C=O) groups is 1. The molecule has 1 aromatic carbocycles. The van der Waals surface area contributed by atoms with E-state index in [0.717, 1.165) is 37.4 Å². The summed E-state index contributed by atoms with van der Waals surface area (Å²) in [6.45, 7) is 7.97. The van der Waals surface area contributed by atoms with Crippen molar-refractivity contribution in [1.29, 1.82) is 0 Å². The Morgan fingerprint density at radius 2 is 1.86 bits per heavy atom. The Hall–Kier alpha value is -1.35. The number of hydrogen-bond donors (Lipinski definition) is 0. The van der Waals surface area contributed by atoms with Crippen molar-refractivity contribution in [2.45, 2.75) is 39.5 Å². The molecule has 1 saturated heterocycles. The van der Waals surface area contributed by atoms with Gasteiger partial charge in [0.25, 0.3) is 0 Å². The Kier molecular flexibility index (Phi) is 4.29. The lowest BCUT2D eigenvalue weighted by Gasteiger charge is -2.29. The minimum absolute atomic E-state index is 0.0893. The summed E-state index contributed by atoms with van der Waals surface area (Å²) in [6.07, 6.45) is 4.71. The SMILES string of the molecule is Cc1cc2c(cc1C)C(=O)C(CN1CCCCC1)CCO2. The van der Waals surface area contributed by atoms with Crippen LogP contribution < -0.4 is 4.74 Å². The summed E-state index contributed by atoms with van der Waals surface area (Å²) in [6, 6.07) is 4.04. The van der Waals surface area contributed by atoms with Gasteiger partial charge in [-0.3, -0.25) is 4.79 Å². The zero-order valence-electron chi connectivity index (χ0n) is 13.2. The molecule has 0 aromatic heterocycles. The molecule has 0 radical (unpaired) electrons. The smallest absolute Gasteiger partial charge is 0.171 e. The van der Waals surface area contributed by atoms with Gasteiger partial charge in [0.05, 0.1) is 12.2 Å². The number of Topliss-reactive ketones (excluding diaryl/α,β-unsaturated/α-hetero) is 1. The number of piperidine rings is 1. The summed E-state index contributed by atoms with van der Waals surface area (Å²) < 4.78 is 5.83. The third-order valence-corrected chi connectivity index (χ3v) is 4.88. The zero-order valence-corrected chi connectivity index (χ0v) is 13.2. The van der Waals surface area contributed by atoms with Gasteiger partial charge in [0, 0.05) is 12.5 Å². The first-order valence-electron chi connectivity index (χ1n) is 8.16. The second kappa shape index (κ2) is 6.18. The summed E-state index contributed by atoms with van der Waals surface area (Å²) >= 11 is 0. The van der Waals surface area contributed by atoms with E-state index in [1.165, 1.54) is 30.4 Å². The van der Waals surface area contributed by atoms with Gasteiger partial charge >= 0.3 is 0 Å². The van der Waals surface area contributed by atoms with Crippen molar-refractivity contribution < 1.29 is 9.53 Å². The topological polar surface area (TPSA) is 29.5 Å². The monoisotopic (exact) mass is 287 g/mol. The highest BCUT2D eigenvalue weighted by molar-refractivity contribution is 6.01. The van der Waals surface area contributed by atoms with Crippen LogP contribution in [0.4, 0.5) is 0 Å². The molecule has 1 fully saturated rings. The van der Waals surface area contributed by atoms with Gasteiger partial charge in [0.1, 0.15) is 5.75 Å². The number of carbonyl (C=O) groups excluding carboxylic acids is 1. The number of rotatable bonds is 2. The van der Waals surface area contributed by atoms with Gasteiger partial charge in [-0.1, -0.05) is 6.42 Å². The predicted molar refractivity (Wildman–Crippen MR) is 84.1 cm³/mol. The molecular formula is C18H25NO2. The number of benzene rings is 1. The Balaban J connectivity index is 1.80. The predicted octanol–water partition coefficient (Wildman–Crippen LogP) is 3.37. The molecule has 1 atom stereocenters. The van der Waals surface area contributed by atoms with Crippen LogP contribution in [0.5, 0.6) is 5.75 Å². The van der Waals surface area contributed by atoms with E-state index in [0.29, 0.717) is 6.61 Å². The lowest BCUT2D eigenvalue weighted by Crippen LogP contribution is -2.36. The fourth-order valence-corrected chi connectivity index (χ4v) is 3.39. The van der Waals surface area contributed by atoms with Crippen LogP contribution in [-0.2, 0) is 0 Å². The van der Waals surface area contributed by atoms with E-state index in [1.807, 2.05) is 12.1 Å². The summed E-state index contributed by atoms with van der Waals surface area (Å²) in [4.78, 5) is 15.3. The van der Waals surface area contributed by atoms with E-state index >= 15 is 0 Å². The lowest BCUT2D eigenvalue weighted by atomic mass is 9.92. The Labute approximate surface area is 127 Å². The van der Waals surface area contributed by atoms with E-state index in [9.17, 15) is 4.79 Å². The van der Waals surface area contributed by atoms with Gasteiger partial charge in [-0.2, -0.15) is 0 Å². The van der Waals surface area contributed by atoms with Crippen molar-refractivity contribution in [2.75, 3.05) is 26.2 Å². The van der Waals surface area contributed by atoms with Crippen LogP contribution in [0.15, 0.2) is 12.1 Å². The van der Waals surface area contributed by atoms with E-state index in [1.54, 1.807) is 0 Å². The molecule has 2 heterocycles. The average molecular weight is 287 g/mol. The second-order valence-electron chi connectivity index (χ2n) is 6.49. The molecule has 3 rings (SSSR count). The van der Waals surface area contributed by atoms with Gasteiger partial charge in [-0.25, -0.2) is 0 Å². The quantitative estimate of drug-likeness (QED) is 0.835. The first-order chi connectivity index (χ1) is 10.1. The molecule has 3 heteroatoms. The number of nitrogens with zero attached hydrogens (tertiary/aromatic N) is 1. The maximum atomic E-state index is 12.9. The second-order valence-corrected chi connectivity index (χ2v) is 6.49. The summed E-state index contributed by atoms with van der Waals surface area (Å²) in [5, 5.41) is 0. The Bertz CT molecular complexity index is 532. The molecule has 1 unspecified atom stereocenters. The van der Waals surface area contributed by atoms with E-state index in [-0.39, 0.29) is 11.7 Å². The van der Waals surface area contributed by atoms with E-state index in [4.69, 9.17) is 4.74 Å². The highest BCUT2D eigenvalue weighted by Gasteiger charge is 2.29. The highest BCUT2D eigenvalue weighted by atomic mass is 16.5. The fraction of sp³-hybridized carbons (Fsp3) is 0.611. The van der Waals surface area contributed by atoms with E-state index in [2.05, 4.69) is 18.7 Å². The summed E-state index contributed by atoms with van der Waals surface area (Å²) in [5.41, 5.74) is 3.15. The van der Waals surface area contributed by atoms with Crippen molar-refractivity contribution >= 4 is 5.78 Å². The van der Waals surface area contributed by atoms with Gasteiger partial charge in [-0.05, 0) is 69.5 Å². The maximum Gasteiger partial charge on any atom is 0.171 e. The van der Waals surface area contributed by atoms with Crippen molar-refractivity contribution in [2.24, 2.45) is 5.92 Å². The Morgan fingerprint density at radius 1 is 1.14 bits per heavy atom.